The number of nitrogen functional groups attached to an aromatic ring is 1. The van der Waals surface area contributed by atoms with Crippen molar-refractivity contribution in [1.29, 1.82) is 0 Å². The molecule has 0 saturated carbocycles. The first-order valence-corrected chi connectivity index (χ1v) is 7.24. The minimum atomic E-state index is 0.312. The van der Waals surface area contributed by atoms with Crippen LogP contribution in [0.1, 0.15) is 25.5 Å². The largest absolute Gasteiger partial charge is 0.383 e. The third kappa shape index (κ3) is 2.46. The van der Waals surface area contributed by atoms with E-state index in [9.17, 15) is 0 Å². The Morgan fingerprint density at radius 3 is 2.50 bits per heavy atom. The maximum atomic E-state index is 6.17. The average molecular weight is 396 g/mol. The molecule has 2 rings (SSSR count). The van der Waals surface area contributed by atoms with Crippen LogP contribution in [0.4, 0.5) is 5.82 Å². The van der Waals surface area contributed by atoms with Crippen molar-refractivity contribution >= 4 is 51.6 Å². The van der Waals surface area contributed by atoms with Gasteiger partial charge in [-0.15, -0.1) is 0 Å². The van der Waals surface area contributed by atoms with Crippen LogP contribution in [0, 0.1) is 3.57 Å². The lowest BCUT2D eigenvalue weighted by Crippen LogP contribution is -2.03. The molecule has 0 fully saturated rings. The summed E-state index contributed by atoms with van der Waals surface area (Å²) in [6, 6.07) is 5.27. The molecule has 0 bridgehead atoms. The van der Waals surface area contributed by atoms with Gasteiger partial charge in [0, 0.05) is 5.02 Å². The zero-order valence-corrected chi connectivity index (χ0v) is 13.6. The maximum Gasteiger partial charge on any atom is 0.141 e. The van der Waals surface area contributed by atoms with Crippen molar-refractivity contribution in [3.05, 3.63) is 37.5 Å². The van der Waals surface area contributed by atoms with Crippen LogP contribution in [-0.2, 0) is 0 Å². The summed E-state index contributed by atoms with van der Waals surface area (Å²) < 4.78 is 2.63. The first-order valence-electron chi connectivity index (χ1n) is 5.41. The number of nitrogens with zero attached hydrogens (tertiary/aromatic N) is 2. The van der Waals surface area contributed by atoms with Gasteiger partial charge in [-0.25, -0.2) is 4.68 Å². The summed E-state index contributed by atoms with van der Waals surface area (Å²) in [4.78, 5) is 0. The number of nitrogens with two attached hydrogens (primary N) is 1. The average Bonchev–Trinajstić information content (AvgIpc) is 2.57. The fraction of sp³-hybridized carbons (Fsp3) is 0.250. The van der Waals surface area contributed by atoms with E-state index in [2.05, 4.69) is 41.5 Å². The van der Waals surface area contributed by atoms with E-state index in [4.69, 9.17) is 28.9 Å². The molecule has 96 valence electrons. The molecule has 1 aromatic carbocycles. The Labute approximate surface area is 129 Å². The summed E-state index contributed by atoms with van der Waals surface area (Å²) >= 11 is 14.3. The van der Waals surface area contributed by atoms with Crippen LogP contribution in [-0.4, -0.2) is 9.78 Å². The molecule has 1 aromatic heterocycles. The van der Waals surface area contributed by atoms with Gasteiger partial charge in [-0.2, -0.15) is 5.10 Å². The van der Waals surface area contributed by atoms with Crippen LogP contribution < -0.4 is 5.73 Å². The first kappa shape index (κ1) is 14.0. The standard InChI is InChI=1S/C12H12Cl2IN3/c1-6(2)11-10(15)12(16)18(17-11)9-4-3-7(13)5-8(9)14/h3-6H,16H2,1-2H3. The zero-order valence-electron chi connectivity index (χ0n) is 9.92. The molecule has 0 amide bonds. The third-order valence-corrected chi connectivity index (χ3v) is 4.21. The Hall–Kier alpha value is -0.460. The summed E-state index contributed by atoms with van der Waals surface area (Å²) in [6.45, 7) is 4.16. The van der Waals surface area contributed by atoms with Gasteiger partial charge in [-0.3, -0.25) is 0 Å². The second-order valence-electron chi connectivity index (χ2n) is 4.25. The van der Waals surface area contributed by atoms with Crippen molar-refractivity contribution in [3.63, 3.8) is 0 Å². The molecule has 0 radical (unpaired) electrons. The molecular weight excluding hydrogens is 384 g/mol. The minimum absolute atomic E-state index is 0.312. The maximum absolute atomic E-state index is 6.17. The fourth-order valence-electron chi connectivity index (χ4n) is 1.64. The molecule has 3 nitrogen and oxygen atoms in total. The molecule has 0 aliphatic heterocycles. The molecule has 0 aliphatic carbocycles. The SMILES string of the molecule is CC(C)c1nn(-c2ccc(Cl)cc2Cl)c(N)c1I. The van der Waals surface area contributed by atoms with Crippen LogP contribution in [0.15, 0.2) is 18.2 Å². The lowest BCUT2D eigenvalue weighted by Gasteiger charge is -2.06. The second kappa shape index (κ2) is 5.27. The number of anilines is 1. The van der Waals surface area contributed by atoms with Gasteiger partial charge in [0.2, 0.25) is 0 Å². The van der Waals surface area contributed by atoms with Crippen LogP contribution >= 0.6 is 45.8 Å². The van der Waals surface area contributed by atoms with E-state index in [0.29, 0.717) is 21.8 Å². The van der Waals surface area contributed by atoms with Crippen molar-refractivity contribution in [2.75, 3.05) is 5.73 Å². The van der Waals surface area contributed by atoms with Gasteiger partial charge in [0.1, 0.15) is 5.82 Å². The van der Waals surface area contributed by atoms with E-state index in [1.165, 1.54) is 0 Å². The highest BCUT2D eigenvalue weighted by Gasteiger charge is 2.18. The number of benzene rings is 1. The fourth-order valence-corrected chi connectivity index (χ4v) is 3.08. The summed E-state index contributed by atoms with van der Waals surface area (Å²) in [5.41, 5.74) is 7.79. The van der Waals surface area contributed by atoms with Gasteiger partial charge in [-0.1, -0.05) is 37.0 Å². The summed E-state index contributed by atoms with van der Waals surface area (Å²) in [7, 11) is 0. The molecule has 0 atom stereocenters. The van der Waals surface area contributed by atoms with Crippen LogP contribution in [0.25, 0.3) is 5.69 Å². The Kier molecular flexibility index (Phi) is 4.08. The molecule has 0 aliphatic rings. The highest BCUT2D eigenvalue weighted by molar-refractivity contribution is 14.1. The van der Waals surface area contributed by atoms with Crippen LogP contribution in [0.2, 0.25) is 10.0 Å². The van der Waals surface area contributed by atoms with Crippen molar-refractivity contribution in [3.8, 4) is 5.69 Å². The predicted molar refractivity (Wildman–Crippen MR) is 84.8 cm³/mol. The summed E-state index contributed by atoms with van der Waals surface area (Å²) in [5.74, 6) is 0.912. The van der Waals surface area contributed by atoms with E-state index >= 15 is 0 Å². The quantitative estimate of drug-likeness (QED) is 0.761. The van der Waals surface area contributed by atoms with Gasteiger partial charge in [0.05, 0.1) is 20.0 Å². The molecule has 0 spiro atoms. The van der Waals surface area contributed by atoms with E-state index in [0.717, 1.165) is 15.0 Å². The number of hydrogen-bond acceptors (Lipinski definition) is 2. The van der Waals surface area contributed by atoms with Gasteiger partial charge in [0.25, 0.3) is 0 Å². The third-order valence-electron chi connectivity index (χ3n) is 2.57. The second-order valence-corrected chi connectivity index (χ2v) is 6.17. The van der Waals surface area contributed by atoms with E-state index in [-0.39, 0.29) is 0 Å². The van der Waals surface area contributed by atoms with E-state index in [1.54, 1.807) is 16.8 Å². The first-order chi connectivity index (χ1) is 8.41. The highest BCUT2D eigenvalue weighted by atomic mass is 127. The molecule has 0 unspecified atom stereocenters. The topological polar surface area (TPSA) is 43.8 Å². The van der Waals surface area contributed by atoms with Crippen molar-refractivity contribution in [2.45, 2.75) is 19.8 Å². The zero-order chi connectivity index (χ0) is 13.4. The Morgan fingerprint density at radius 2 is 2.00 bits per heavy atom. The number of rotatable bonds is 2. The molecule has 1 heterocycles. The summed E-state index contributed by atoms with van der Waals surface area (Å²) in [5, 5.41) is 5.65. The van der Waals surface area contributed by atoms with E-state index < -0.39 is 0 Å². The number of aromatic nitrogens is 2. The lowest BCUT2D eigenvalue weighted by atomic mass is 10.1. The smallest absolute Gasteiger partial charge is 0.141 e. The lowest BCUT2D eigenvalue weighted by molar-refractivity contribution is 0.769. The number of hydrogen-bond donors (Lipinski definition) is 1. The van der Waals surface area contributed by atoms with Crippen LogP contribution in [0.5, 0.6) is 0 Å². The predicted octanol–water partition coefficient (Wildman–Crippen LogP) is 4.49. The van der Waals surface area contributed by atoms with Gasteiger partial charge in [0.15, 0.2) is 0 Å². The molecule has 2 N–H and O–H groups in total. The Bertz CT molecular complexity index is 593. The minimum Gasteiger partial charge on any atom is -0.383 e. The molecule has 0 saturated heterocycles. The Morgan fingerprint density at radius 1 is 1.33 bits per heavy atom. The molecule has 18 heavy (non-hydrogen) atoms. The monoisotopic (exact) mass is 395 g/mol. The van der Waals surface area contributed by atoms with Crippen molar-refractivity contribution in [2.24, 2.45) is 0 Å². The van der Waals surface area contributed by atoms with Crippen molar-refractivity contribution in [1.82, 2.24) is 9.78 Å². The highest BCUT2D eigenvalue weighted by Crippen LogP contribution is 2.31. The van der Waals surface area contributed by atoms with Gasteiger partial charge >= 0.3 is 0 Å². The van der Waals surface area contributed by atoms with Crippen LogP contribution in [0.3, 0.4) is 0 Å². The van der Waals surface area contributed by atoms with Crippen molar-refractivity contribution < 1.29 is 0 Å². The molecule has 6 heteroatoms. The normalized spacial score (nSPS) is 11.2. The van der Waals surface area contributed by atoms with Gasteiger partial charge in [-0.05, 0) is 46.7 Å². The molecule has 2 aromatic rings. The van der Waals surface area contributed by atoms with Gasteiger partial charge < -0.3 is 5.73 Å². The molecular formula is C12H12Cl2IN3. The summed E-state index contributed by atoms with van der Waals surface area (Å²) in [6.07, 6.45) is 0. The number of halogens is 3. The Balaban J connectivity index is 2.61. The van der Waals surface area contributed by atoms with E-state index in [1.807, 2.05) is 6.07 Å².